The van der Waals surface area contributed by atoms with E-state index in [9.17, 15) is 21.6 Å². The average Bonchev–Trinajstić information content (AvgIpc) is 2.54. The zero-order valence-electron chi connectivity index (χ0n) is 12.8. The third kappa shape index (κ3) is 5.00. The number of nitrogens with one attached hydrogen (secondary N) is 2. The minimum Gasteiger partial charge on any atom is -0.325 e. The first-order valence-corrected chi connectivity index (χ1v) is 9.90. The molecule has 2 aromatic carbocycles. The lowest BCUT2D eigenvalue weighted by atomic mass is 10.3. The van der Waals surface area contributed by atoms with E-state index >= 15 is 0 Å². The third-order valence-corrected chi connectivity index (χ3v) is 5.36. The van der Waals surface area contributed by atoms with Crippen molar-refractivity contribution in [2.24, 2.45) is 10.9 Å². The van der Waals surface area contributed by atoms with E-state index in [1.54, 1.807) is 0 Å². The van der Waals surface area contributed by atoms with Crippen LogP contribution in [-0.2, 0) is 24.8 Å². The molecule has 0 heterocycles. The number of hydrogen-bond acceptors (Lipinski definition) is 6. The molecule has 0 aromatic heterocycles. The Morgan fingerprint density at radius 2 is 1.56 bits per heavy atom. The van der Waals surface area contributed by atoms with E-state index in [-0.39, 0.29) is 22.0 Å². The summed E-state index contributed by atoms with van der Waals surface area (Å²) in [6, 6.07) is 10.5. The van der Waals surface area contributed by atoms with Crippen LogP contribution in [-0.4, -0.2) is 29.3 Å². The van der Waals surface area contributed by atoms with E-state index in [0.29, 0.717) is 5.69 Å². The number of rotatable bonds is 6. The Morgan fingerprint density at radius 3 is 2.12 bits per heavy atom. The second-order valence-corrected chi connectivity index (χ2v) is 8.20. The second-order valence-electron chi connectivity index (χ2n) is 4.96. The van der Waals surface area contributed by atoms with Gasteiger partial charge in [0.1, 0.15) is 0 Å². The molecule has 2 rings (SSSR count). The molecule has 134 valence electrons. The van der Waals surface area contributed by atoms with Crippen molar-refractivity contribution in [3.05, 3.63) is 48.5 Å². The summed E-state index contributed by atoms with van der Waals surface area (Å²) in [4.78, 5) is 10.9. The van der Waals surface area contributed by atoms with Crippen LogP contribution < -0.4 is 20.9 Å². The summed E-state index contributed by atoms with van der Waals surface area (Å²) in [6.45, 7) is -0.192. The van der Waals surface area contributed by atoms with Crippen LogP contribution in [0.4, 0.5) is 11.4 Å². The molecule has 6 N–H and O–H groups in total. The van der Waals surface area contributed by atoms with Gasteiger partial charge in [0.05, 0.1) is 22.0 Å². The van der Waals surface area contributed by atoms with Crippen LogP contribution in [0.1, 0.15) is 0 Å². The van der Waals surface area contributed by atoms with Gasteiger partial charge in [-0.05, 0) is 42.5 Å². The summed E-state index contributed by atoms with van der Waals surface area (Å²) >= 11 is 0. The fourth-order valence-electron chi connectivity index (χ4n) is 1.88. The number of hydrogen-bond donors (Lipinski definition) is 4. The van der Waals surface area contributed by atoms with Gasteiger partial charge >= 0.3 is 0 Å². The van der Waals surface area contributed by atoms with Gasteiger partial charge in [-0.2, -0.15) is 0 Å². The fraction of sp³-hybridized carbons (Fsp3) is 0.0714. The Balaban J connectivity index is 2.23. The van der Waals surface area contributed by atoms with Crippen molar-refractivity contribution in [1.82, 2.24) is 0 Å². The predicted octanol–water partition coefficient (Wildman–Crippen LogP) is 0.0320. The number of sulfonamides is 2. The van der Waals surface area contributed by atoms with Gasteiger partial charge in [0, 0.05) is 5.69 Å². The normalized spacial score (nSPS) is 11.8. The Kier molecular flexibility index (Phi) is 5.42. The molecule has 0 saturated carbocycles. The highest BCUT2D eigenvalue weighted by Crippen LogP contribution is 2.20. The molecule has 0 aliphatic carbocycles. The minimum absolute atomic E-state index is 0.0482. The van der Waals surface area contributed by atoms with Gasteiger partial charge < -0.3 is 11.1 Å². The highest BCUT2D eigenvalue weighted by atomic mass is 32.2. The van der Waals surface area contributed by atoms with E-state index in [2.05, 4.69) is 10.0 Å². The third-order valence-electron chi connectivity index (χ3n) is 3.05. The Labute approximate surface area is 145 Å². The molecular weight excluding hydrogens is 368 g/mol. The molecule has 25 heavy (non-hydrogen) atoms. The molecule has 0 saturated heterocycles. The monoisotopic (exact) mass is 384 g/mol. The number of primary sulfonamides is 1. The first-order valence-electron chi connectivity index (χ1n) is 6.87. The first-order chi connectivity index (χ1) is 11.6. The fourth-order valence-corrected chi connectivity index (χ4v) is 3.49. The van der Waals surface area contributed by atoms with Gasteiger partial charge in [0.15, 0.2) is 0 Å². The van der Waals surface area contributed by atoms with Crippen molar-refractivity contribution < 1.29 is 21.6 Å². The summed E-state index contributed by atoms with van der Waals surface area (Å²) in [7, 11) is -7.90. The molecular formula is C14H16N4O5S2. The van der Waals surface area contributed by atoms with Crippen molar-refractivity contribution in [2.75, 3.05) is 16.6 Å². The smallest absolute Gasteiger partial charge is 0.261 e. The molecule has 1 amide bonds. The molecule has 0 radical (unpaired) electrons. The lowest BCUT2D eigenvalue weighted by molar-refractivity contribution is -0.114. The molecule has 0 aliphatic rings. The molecule has 9 nitrogen and oxygen atoms in total. The maximum Gasteiger partial charge on any atom is 0.261 e. The summed E-state index contributed by atoms with van der Waals surface area (Å²) in [5.41, 5.74) is 5.62. The Bertz CT molecular complexity index is 986. The molecule has 11 heteroatoms. The summed E-state index contributed by atoms with van der Waals surface area (Å²) in [6.07, 6.45) is 0. The minimum atomic E-state index is -3.95. The van der Waals surface area contributed by atoms with Crippen molar-refractivity contribution in [2.45, 2.75) is 9.79 Å². The van der Waals surface area contributed by atoms with E-state index in [1.165, 1.54) is 42.5 Å². The lowest BCUT2D eigenvalue weighted by Crippen LogP contribution is -2.21. The van der Waals surface area contributed by atoms with Gasteiger partial charge in [0.25, 0.3) is 10.0 Å². The van der Waals surface area contributed by atoms with Crippen LogP contribution in [0.5, 0.6) is 0 Å². The SMILES string of the molecule is NCC(=O)Nc1ccc(S(=O)(=O)Nc2cccc(S(N)(=O)=O)c2)cc1. The predicted molar refractivity (Wildman–Crippen MR) is 92.7 cm³/mol. The van der Waals surface area contributed by atoms with Gasteiger partial charge in [-0.25, -0.2) is 22.0 Å². The van der Waals surface area contributed by atoms with Crippen LogP contribution in [0.15, 0.2) is 58.3 Å². The molecule has 0 atom stereocenters. The number of carbonyl (C=O) groups is 1. The zero-order valence-corrected chi connectivity index (χ0v) is 14.5. The van der Waals surface area contributed by atoms with E-state index < -0.39 is 26.0 Å². The van der Waals surface area contributed by atoms with Crippen LogP contribution in [0, 0.1) is 0 Å². The molecule has 0 bridgehead atoms. The molecule has 0 unspecified atom stereocenters. The molecule has 2 aromatic rings. The Hall–Kier alpha value is -2.47. The molecule has 0 spiro atoms. The maximum atomic E-state index is 12.4. The van der Waals surface area contributed by atoms with E-state index in [4.69, 9.17) is 10.9 Å². The van der Waals surface area contributed by atoms with Crippen molar-refractivity contribution >= 4 is 37.3 Å². The van der Waals surface area contributed by atoms with Gasteiger partial charge in [0.2, 0.25) is 15.9 Å². The summed E-state index contributed by atoms with van der Waals surface area (Å²) in [5.74, 6) is -0.409. The number of anilines is 2. The highest BCUT2D eigenvalue weighted by Gasteiger charge is 2.16. The number of nitrogens with two attached hydrogens (primary N) is 2. The topological polar surface area (TPSA) is 161 Å². The Morgan fingerprint density at radius 1 is 0.920 bits per heavy atom. The molecule has 0 fully saturated rings. The van der Waals surface area contributed by atoms with Crippen LogP contribution in [0.3, 0.4) is 0 Å². The van der Waals surface area contributed by atoms with Gasteiger partial charge in [-0.15, -0.1) is 0 Å². The van der Waals surface area contributed by atoms with Gasteiger partial charge in [-0.1, -0.05) is 6.07 Å². The summed E-state index contributed by atoms with van der Waals surface area (Å²) in [5, 5.41) is 7.50. The maximum absolute atomic E-state index is 12.4. The average molecular weight is 384 g/mol. The van der Waals surface area contributed by atoms with Gasteiger partial charge in [-0.3, -0.25) is 9.52 Å². The number of amides is 1. The quantitative estimate of drug-likeness (QED) is 0.549. The van der Waals surface area contributed by atoms with Crippen molar-refractivity contribution in [1.29, 1.82) is 0 Å². The van der Waals surface area contributed by atoms with Crippen LogP contribution in [0.25, 0.3) is 0 Å². The van der Waals surface area contributed by atoms with Crippen LogP contribution >= 0.6 is 0 Å². The second kappa shape index (κ2) is 7.19. The standard InChI is InChI=1S/C14H16N4O5S2/c15-9-14(19)17-10-4-6-12(7-5-10)25(22,23)18-11-2-1-3-13(8-11)24(16,20)21/h1-8,18H,9,15H2,(H,17,19)(H2,16,20,21). The van der Waals surface area contributed by atoms with Crippen molar-refractivity contribution in [3.8, 4) is 0 Å². The highest BCUT2D eigenvalue weighted by molar-refractivity contribution is 7.92. The number of benzene rings is 2. The largest absolute Gasteiger partial charge is 0.325 e. The van der Waals surface area contributed by atoms with E-state index in [1.807, 2.05) is 0 Å². The lowest BCUT2D eigenvalue weighted by Gasteiger charge is -2.10. The molecule has 0 aliphatic heterocycles. The van der Waals surface area contributed by atoms with E-state index in [0.717, 1.165) is 6.07 Å². The zero-order chi connectivity index (χ0) is 18.7. The van der Waals surface area contributed by atoms with Crippen molar-refractivity contribution in [3.63, 3.8) is 0 Å². The van der Waals surface area contributed by atoms with Crippen LogP contribution in [0.2, 0.25) is 0 Å². The first kappa shape index (κ1) is 18.9. The number of carbonyl (C=O) groups excluding carboxylic acids is 1. The summed E-state index contributed by atoms with van der Waals surface area (Å²) < 4.78 is 49.6.